The van der Waals surface area contributed by atoms with Gasteiger partial charge >= 0.3 is 6.09 Å². The second kappa shape index (κ2) is 18.7. The molecule has 2 heterocycles. The Balaban J connectivity index is 1.15. The first-order chi connectivity index (χ1) is 26.5. The van der Waals surface area contributed by atoms with Gasteiger partial charge in [0, 0.05) is 31.6 Å². The zero-order valence-electron chi connectivity index (χ0n) is 32.8. The number of carbonyl (C=O) groups excluding carboxylic acids is 2. The maximum absolute atomic E-state index is 14.6. The van der Waals surface area contributed by atoms with Gasteiger partial charge in [-0.2, -0.15) is 5.10 Å². The van der Waals surface area contributed by atoms with Crippen LogP contribution in [0.1, 0.15) is 95.2 Å². The van der Waals surface area contributed by atoms with Crippen LogP contribution in [0.25, 0.3) is 0 Å². The van der Waals surface area contributed by atoms with Gasteiger partial charge in [-0.25, -0.2) is 14.2 Å². The minimum absolute atomic E-state index is 0.0852. The predicted molar refractivity (Wildman–Crippen MR) is 212 cm³/mol. The Kier molecular flexibility index (Phi) is 13.6. The first-order valence-electron chi connectivity index (χ1n) is 20.1. The number of hydrogen-bond donors (Lipinski definition) is 1. The van der Waals surface area contributed by atoms with E-state index < -0.39 is 11.7 Å². The highest BCUT2D eigenvalue weighted by molar-refractivity contribution is 5.79. The molecule has 55 heavy (non-hydrogen) atoms. The molecule has 3 aromatic carbocycles. The van der Waals surface area contributed by atoms with Gasteiger partial charge in [0.05, 0.1) is 0 Å². The van der Waals surface area contributed by atoms with Crippen LogP contribution in [0.4, 0.5) is 9.18 Å². The Morgan fingerprint density at radius 3 is 2.20 bits per heavy atom. The van der Waals surface area contributed by atoms with Crippen molar-refractivity contribution in [3.8, 4) is 5.75 Å². The van der Waals surface area contributed by atoms with E-state index in [-0.39, 0.29) is 29.1 Å². The Morgan fingerprint density at radius 1 is 0.873 bits per heavy atom. The number of nitrogens with zero attached hydrogens (tertiary/aromatic N) is 4. The maximum Gasteiger partial charge on any atom is 0.407 e. The molecule has 2 amide bonds. The van der Waals surface area contributed by atoms with E-state index in [1.54, 1.807) is 18.5 Å². The Morgan fingerprint density at radius 2 is 1.55 bits per heavy atom. The largest absolute Gasteiger partial charge is 0.489 e. The predicted octanol–water partition coefficient (Wildman–Crippen LogP) is 8.96. The van der Waals surface area contributed by atoms with Crippen LogP contribution < -0.4 is 10.1 Å². The quantitative estimate of drug-likeness (QED) is 0.130. The summed E-state index contributed by atoms with van der Waals surface area (Å²) in [4.78, 5) is 33.9. The van der Waals surface area contributed by atoms with Crippen molar-refractivity contribution < 1.29 is 23.5 Å². The number of halogens is 1. The normalized spacial score (nSPS) is 17.3. The molecule has 1 N–H and O–H groups in total. The molecule has 1 aromatic heterocycles. The number of hydrogen-bond acceptors (Lipinski definition) is 6. The second-order valence-electron chi connectivity index (χ2n) is 16.7. The van der Waals surface area contributed by atoms with Crippen LogP contribution in [-0.4, -0.2) is 56.4 Å². The average molecular weight is 752 g/mol. The molecule has 0 bridgehead atoms. The van der Waals surface area contributed by atoms with E-state index in [2.05, 4.69) is 20.3 Å². The van der Waals surface area contributed by atoms with Gasteiger partial charge in [0.15, 0.2) is 0 Å². The summed E-state index contributed by atoms with van der Waals surface area (Å²) in [5, 5.41) is 7.59. The third-order valence-corrected chi connectivity index (χ3v) is 11.5. The lowest BCUT2D eigenvalue weighted by molar-refractivity contribution is -0.139. The molecule has 2 atom stereocenters. The summed E-state index contributed by atoms with van der Waals surface area (Å²) >= 11 is 0. The van der Waals surface area contributed by atoms with E-state index >= 15 is 0 Å². The molecule has 1 saturated heterocycles. The Bertz CT molecular complexity index is 1760. The summed E-state index contributed by atoms with van der Waals surface area (Å²) in [6, 6.07) is 24.2. The summed E-state index contributed by atoms with van der Waals surface area (Å²) in [7, 11) is 0. The number of likely N-dealkylation sites (tertiary alicyclic amines) is 1. The monoisotopic (exact) mass is 751 g/mol. The van der Waals surface area contributed by atoms with Crippen molar-refractivity contribution in [3.63, 3.8) is 0 Å². The topological polar surface area (TPSA) is 98.6 Å². The fraction of sp³-hybridized carbons (Fsp3) is 0.511. The number of carbonyl (C=O) groups is 2. The highest BCUT2D eigenvalue weighted by Gasteiger charge is 2.43. The lowest BCUT2D eigenvalue weighted by atomic mass is 9.63. The Hall–Kier alpha value is -4.73. The number of amides is 2. The molecular formula is C45H58FN5O4. The fourth-order valence-corrected chi connectivity index (χ4v) is 8.54. The zero-order chi connectivity index (χ0) is 38.7. The average Bonchev–Trinajstić information content (AvgIpc) is 3.70. The van der Waals surface area contributed by atoms with E-state index in [9.17, 15) is 14.0 Å². The number of nitrogens with one attached hydrogen (secondary N) is 1. The van der Waals surface area contributed by atoms with E-state index in [4.69, 9.17) is 9.47 Å². The number of rotatable bonds is 15. The molecule has 10 heteroatoms. The third kappa shape index (κ3) is 11.9. The molecule has 4 aromatic rings. The van der Waals surface area contributed by atoms with Crippen LogP contribution in [0.5, 0.6) is 5.75 Å². The highest BCUT2D eigenvalue weighted by Crippen LogP contribution is 2.47. The number of piperidine rings is 1. The van der Waals surface area contributed by atoms with Crippen LogP contribution in [0.2, 0.25) is 0 Å². The van der Waals surface area contributed by atoms with Crippen molar-refractivity contribution in [2.75, 3.05) is 13.1 Å². The standard InChI is InChI=1S/C45H58FN5O4/c1-44(2,3)55-43(53)49-40(29-35-16-22-41(23-17-35)54-30-36-10-6-4-7-11-36)21-18-37(28-34-14-19-39(46)20-15-34)42(52)50-26-24-45(25-27-50,31-51-33-47-32-48-51)38-12-8-5-9-13-38/h4,6-7,10-11,14-17,19-20,22-23,32-33,37-38,40H,5,8-9,12-13,18,21,24-31H2,1-3H3,(H,49,53)/t37-,40+/m1/s1. The van der Waals surface area contributed by atoms with E-state index in [1.165, 1.54) is 44.2 Å². The fourth-order valence-electron chi connectivity index (χ4n) is 8.54. The molecule has 1 aliphatic heterocycles. The van der Waals surface area contributed by atoms with Crippen LogP contribution in [0.15, 0.2) is 91.5 Å². The van der Waals surface area contributed by atoms with Gasteiger partial charge in [-0.1, -0.05) is 73.9 Å². The summed E-state index contributed by atoms with van der Waals surface area (Å²) < 4.78 is 27.6. The van der Waals surface area contributed by atoms with E-state index in [0.29, 0.717) is 51.3 Å². The van der Waals surface area contributed by atoms with Crippen LogP contribution >= 0.6 is 0 Å². The molecular weight excluding hydrogens is 694 g/mol. The van der Waals surface area contributed by atoms with Gasteiger partial charge in [-0.3, -0.25) is 9.48 Å². The van der Waals surface area contributed by atoms with Crippen molar-refractivity contribution in [2.24, 2.45) is 17.3 Å². The SMILES string of the molecule is CC(C)(C)OC(=O)N[C@@H](CC[C@H](Cc1ccc(F)cc1)C(=O)N1CCC(Cn2cncn2)(C2CCCCC2)CC1)Cc1ccc(OCc2ccccc2)cc1. The van der Waals surface area contributed by atoms with Crippen molar-refractivity contribution in [1.82, 2.24) is 25.0 Å². The van der Waals surface area contributed by atoms with Crippen molar-refractivity contribution in [3.05, 3.63) is 114 Å². The smallest absolute Gasteiger partial charge is 0.407 e. The van der Waals surface area contributed by atoms with E-state index in [1.807, 2.05) is 86.4 Å². The van der Waals surface area contributed by atoms with Crippen molar-refractivity contribution in [1.29, 1.82) is 0 Å². The lowest BCUT2D eigenvalue weighted by Crippen LogP contribution is -2.50. The van der Waals surface area contributed by atoms with Gasteiger partial charge in [0.25, 0.3) is 0 Å². The maximum atomic E-state index is 14.6. The summed E-state index contributed by atoms with van der Waals surface area (Å²) in [5.41, 5.74) is 2.49. The Labute approximate surface area is 326 Å². The van der Waals surface area contributed by atoms with Crippen LogP contribution in [0.3, 0.4) is 0 Å². The van der Waals surface area contributed by atoms with Crippen molar-refractivity contribution >= 4 is 12.0 Å². The van der Waals surface area contributed by atoms with Crippen molar-refractivity contribution in [2.45, 2.75) is 116 Å². The van der Waals surface area contributed by atoms with Gasteiger partial charge in [0.2, 0.25) is 5.91 Å². The first-order valence-corrected chi connectivity index (χ1v) is 20.1. The molecule has 2 fully saturated rings. The molecule has 6 rings (SSSR count). The number of aromatic nitrogens is 3. The number of ether oxygens (including phenoxy) is 2. The molecule has 0 unspecified atom stereocenters. The lowest BCUT2D eigenvalue weighted by Gasteiger charge is -2.48. The molecule has 1 aliphatic carbocycles. The first kappa shape index (κ1) is 39.9. The molecule has 0 spiro atoms. The number of alkyl carbamates (subject to hydrolysis) is 1. The highest BCUT2D eigenvalue weighted by atomic mass is 19.1. The second-order valence-corrected chi connectivity index (χ2v) is 16.7. The third-order valence-electron chi connectivity index (χ3n) is 11.5. The minimum Gasteiger partial charge on any atom is -0.489 e. The molecule has 9 nitrogen and oxygen atoms in total. The van der Waals surface area contributed by atoms with Crippen LogP contribution in [-0.2, 0) is 35.5 Å². The minimum atomic E-state index is -0.650. The number of benzene rings is 3. The zero-order valence-corrected chi connectivity index (χ0v) is 32.8. The molecule has 2 aliphatic rings. The van der Waals surface area contributed by atoms with Gasteiger partial charge in [-0.05, 0) is 124 Å². The van der Waals surface area contributed by atoms with Crippen LogP contribution in [0, 0.1) is 23.1 Å². The molecule has 1 saturated carbocycles. The van der Waals surface area contributed by atoms with Gasteiger partial charge in [0.1, 0.15) is 36.4 Å². The molecule has 294 valence electrons. The van der Waals surface area contributed by atoms with E-state index in [0.717, 1.165) is 41.8 Å². The summed E-state index contributed by atoms with van der Waals surface area (Å²) in [6.07, 6.45) is 13.2. The molecule has 0 radical (unpaired) electrons. The van der Waals surface area contributed by atoms with Gasteiger partial charge in [-0.15, -0.1) is 0 Å². The van der Waals surface area contributed by atoms with Gasteiger partial charge < -0.3 is 19.7 Å². The summed E-state index contributed by atoms with van der Waals surface area (Å²) in [5.74, 6) is 0.872. The summed E-state index contributed by atoms with van der Waals surface area (Å²) in [6.45, 7) is 8.25.